The Kier molecular flexibility index (Phi) is 3.97. The van der Waals surface area contributed by atoms with Crippen LogP contribution < -0.4 is 10.6 Å². The van der Waals surface area contributed by atoms with E-state index in [0.717, 1.165) is 17.7 Å². The van der Waals surface area contributed by atoms with Crippen molar-refractivity contribution in [3.63, 3.8) is 0 Å². The van der Waals surface area contributed by atoms with Crippen LogP contribution in [0.3, 0.4) is 0 Å². The summed E-state index contributed by atoms with van der Waals surface area (Å²) in [7, 11) is 0. The van der Waals surface area contributed by atoms with Crippen molar-refractivity contribution >= 4 is 17.5 Å². The molecule has 1 unspecified atom stereocenters. The Labute approximate surface area is 107 Å². The first-order valence-electron chi connectivity index (χ1n) is 6.27. The van der Waals surface area contributed by atoms with Crippen LogP contribution in [0.4, 0.5) is 5.69 Å². The van der Waals surface area contributed by atoms with E-state index in [9.17, 15) is 9.59 Å². The number of hydrogen-bond donors (Lipinski definition) is 2. The van der Waals surface area contributed by atoms with E-state index in [0.29, 0.717) is 19.4 Å². The number of piperidine rings is 1. The minimum absolute atomic E-state index is 0.0155. The topological polar surface area (TPSA) is 58.2 Å². The lowest BCUT2D eigenvalue weighted by Gasteiger charge is -2.21. The Balaban J connectivity index is 1.83. The maximum atomic E-state index is 11.8. The predicted octanol–water partition coefficient (Wildman–Crippen LogP) is 1.85. The molecular weight excluding hydrogens is 228 g/mol. The molecule has 2 amide bonds. The number of benzene rings is 1. The summed E-state index contributed by atoms with van der Waals surface area (Å²) in [5.41, 5.74) is 1.96. The molecule has 18 heavy (non-hydrogen) atoms. The van der Waals surface area contributed by atoms with Crippen molar-refractivity contribution < 1.29 is 9.59 Å². The van der Waals surface area contributed by atoms with E-state index >= 15 is 0 Å². The molecule has 0 aliphatic carbocycles. The van der Waals surface area contributed by atoms with Crippen LogP contribution in [-0.2, 0) is 9.59 Å². The highest BCUT2D eigenvalue weighted by molar-refractivity contribution is 5.91. The number of carbonyl (C=O) groups is 2. The summed E-state index contributed by atoms with van der Waals surface area (Å²) < 4.78 is 0. The zero-order chi connectivity index (χ0) is 13.0. The fourth-order valence-corrected chi connectivity index (χ4v) is 2.16. The summed E-state index contributed by atoms with van der Waals surface area (Å²) in [6.45, 7) is 2.60. The van der Waals surface area contributed by atoms with Gasteiger partial charge in [-0.25, -0.2) is 0 Å². The standard InChI is InChI=1S/C14H18N2O2/c1-10-3-2-4-12(7-10)16-14(18)8-11-5-6-13(17)15-9-11/h2-4,7,11H,5-6,8-9H2,1H3,(H,15,17)(H,16,18). The molecule has 1 heterocycles. The first-order chi connectivity index (χ1) is 8.63. The van der Waals surface area contributed by atoms with E-state index in [-0.39, 0.29) is 17.7 Å². The minimum atomic E-state index is 0.0155. The van der Waals surface area contributed by atoms with Crippen molar-refractivity contribution in [3.8, 4) is 0 Å². The van der Waals surface area contributed by atoms with Gasteiger partial charge in [0.05, 0.1) is 0 Å². The van der Waals surface area contributed by atoms with Crippen LogP contribution in [0.5, 0.6) is 0 Å². The Morgan fingerprint density at radius 3 is 3.00 bits per heavy atom. The number of aryl methyl sites for hydroxylation is 1. The summed E-state index contributed by atoms with van der Waals surface area (Å²) in [5.74, 6) is 0.361. The van der Waals surface area contributed by atoms with E-state index in [1.807, 2.05) is 31.2 Å². The second-order valence-electron chi connectivity index (χ2n) is 4.83. The zero-order valence-corrected chi connectivity index (χ0v) is 10.5. The molecule has 1 aromatic rings. The second-order valence-corrected chi connectivity index (χ2v) is 4.83. The molecule has 4 nitrogen and oxygen atoms in total. The monoisotopic (exact) mass is 246 g/mol. The van der Waals surface area contributed by atoms with Gasteiger partial charge in [0.25, 0.3) is 0 Å². The van der Waals surface area contributed by atoms with Gasteiger partial charge in [0.2, 0.25) is 11.8 Å². The summed E-state index contributed by atoms with van der Waals surface area (Å²) in [5, 5.41) is 5.68. The van der Waals surface area contributed by atoms with Crippen LogP contribution in [0.1, 0.15) is 24.8 Å². The number of anilines is 1. The molecule has 0 bridgehead atoms. The number of rotatable bonds is 3. The Bertz CT molecular complexity index is 447. The summed E-state index contributed by atoms with van der Waals surface area (Å²) in [6.07, 6.45) is 1.80. The largest absolute Gasteiger partial charge is 0.356 e. The fourth-order valence-electron chi connectivity index (χ4n) is 2.16. The summed E-state index contributed by atoms with van der Waals surface area (Å²) in [6, 6.07) is 7.74. The summed E-state index contributed by atoms with van der Waals surface area (Å²) >= 11 is 0. The summed E-state index contributed by atoms with van der Waals surface area (Å²) in [4.78, 5) is 22.9. The highest BCUT2D eigenvalue weighted by atomic mass is 16.2. The normalized spacial score (nSPS) is 19.2. The smallest absolute Gasteiger partial charge is 0.224 e. The number of nitrogens with one attached hydrogen (secondary N) is 2. The van der Waals surface area contributed by atoms with Crippen molar-refractivity contribution in [2.45, 2.75) is 26.2 Å². The molecule has 1 saturated heterocycles. The fraction of sp³-hybridized carbons (Fsp3) is 0.429. The van der Waals surface area contributed by atoms with Crippen molar-refractivity contribution in [3.05, 3.63) is 29.8 Å². The molecule has 96 valence electrons. The third-order valence-corrected chi connectivity index (χ3v) is 3.14. The van der Waals surface area contributed by atoms with Crippen LogP contribution in [0, 0.1) is 12.8 Å². The molecule has 0 aromatic heterocycles. The number of amides is 2. The van der Waals surface area contributed by atoms with E-state index < -0.39 is 0 Å². The molecule has 1 aromatic carbocycles. The molecule has 1 fully saturated rings. The molecule has 2 N–H and O–H groups in total. The third-order valence-electron chi connectivity index (χ3n) is 3.14. The van der Waals surface area contributed by atoms with Crippen LogP contribution in [-0.4, -0.2) is 18.4 Å². The van der Waals surface area contributed by atoms with E-state index in [4.69, 9.17) is 0 Å². The first-order valence-corrected chi connectivity index (χ1v) is 6.27. The highest BCUT2D eigenvalue weighted by Gasteiger charge is 2.20. The zero-order valence-electron chi connectivity index (χ0n) is 10.5. The van der Waals surface area contributed by atoms with Gasteiger partial charge >= 0.3 is 0 Å². The maximum Gasteiger partial charge on any atom is 0.224 e. The first kappa shape index (κ1) is 12.6. The quantitative estimate of drug-likeness (QED) is 0.855. The maximum absolute atomic E-state index is 11.8. The van der Waals surface area contributed by atoms with Crippen molar-refractivity contribution in [2.75, 3.05) is 11.9 Å². The van der Waals surface area contributed by atoms with Crippen molar-refractivity contribution in [1.29, 1.82) is 0 Å². The molecule has 2 rings (SSSR count). The van der Waals surface area contributed by atoms with Gasteiger partial charge in [-0.05, 0) is 37.0 Å². The Hall–Kier alpha value is -1.84. The second kappa shape index (κ2) is 5.67. The molecule has 4 heteroatoms. The third kappa shape index (κ3) is 3.58. The van der Waals surface area contributed by atoms with Crippen LogP contribution in [0.15, 0.2) is 24.3 Å². The van der Waals surface area contributed by atoms with Crippen molar-refractivity contribution in [2.24, 2.45) is 5.92 Å². The molecule has 1 aliphatic rings. The SMILES string of the molecule is Cc1cccc(NC(=O)CC2CCC(=O)NC2)c1. The Morgan fingerprint density at radius 1 is 1.50 bits per heavy atom. The van der Waals surface area contributed by atoms with Gasteiger partial charge in [0.1, 0.15) is 0 Å². The highest BCUT2D eigenvalue weighted by Crippen LogP contribution is 2.16. The average Bonchev–Trinajstić information content (AvgIpc) is 2.32. The lowest BCUT2D eigenvalue weighted by atomic mass is 9.95. The van der Waals surface area contributed by atoms with Gasteiger partial charge in [-0.1, -0.05) is 12.1 Å². The van der Waals surface area contributed by atoms with E-state index in [1.54, 1.807) is 0 Å². The molecular formula is C14H18N2O2. The predicted molar refractivity (Wildman–Crippen MR) is 70.2 cm³/mol. The Morgan fingerprint density at radius 2 is 2.33 bits per heavy atom. The molecule has 0 saturated carbocycles. The molecule has 0 radical (unpaired) electrons. The number of carbonyl (C=O) groups excluding carboxylic acids is 2. The minimum Gasteiger partial charge on any atom is -0.356 e. The number of hydrogen-bond acceptors (Lipinski definition) is 2. The van der Waals surface area contributed by atoms with Gasteiger partial charge < -0.3 is 10.6 Å². The van der Waals surface area contributed by atoms with Crippen LogP contribution in [0.2, 0.25) is 0 Å². The van der Waals surface area contributed by atoms with Crippen LogP contribution >= 0.6 is 0 Å². The molecule has 0 spiro atoms. The molecule has 1 atom stereocenters. The van der Waals surface area contributed by atoms with Gasteiger partial charge in [-0.3, -0.25) is 9.59 Å². The van der Waals surface area contributed by atoms with Crippen LogP contribution in [0.25, 0.3) is 0 Å². The lowest BCUT2D eigenvalue weighted by Crippen LogP contribution is -2.36. The van der Waals surface area contributed by atoms with Gasteiger partial charge in [0, 0.05) is 25.1 Å². The van der Waals surface area contributed by atoms with Gasteiger partial charge in [-0.15, -0.1) is 0 Å². The van der Waals surface area contributed by atoms with E-state index in [1.165, 1.54) is 0 Å². The lowest BCUT2D eigenvalue weighted by molar-refractivity contribution is -0.124. The van der Waals surface area contributed by atoms with Gasteiger partial charge in [0.15, 0.2) is 0 Å². The van der Waals surface area contributed by atoms with Crippen molar-refractivity contribution in [1.82, 2.24) is 5.32 Å². The molecule has 1 aliphatic heterocycles. The average molecular weight is 246 g/mol. The van der Waals surface area contributed by atoms with E-state index in [2.05, 4.69) is 10.6 Å². The van der Waals surface area contributed by atoms with Gasteiger partial charge in [-0.2, -0.15) is 0 Å².